The van der Waals surface area contributed by atoms with Crippen LogP contribution in [-0.4, -0.2) is 21.1 Å². The van der Waals surface area contributed by atoms with Crippen molar-refractivity contribution in [3.63, 3.8) is 0 Å². The summed E-state index contributed by atoms with van der Waals surface area (Å²) in [5.41, 5.74) is 2.89. The van der Waals surface area contributed by atoms with Gasteiger partial charge in [0.1, 0.15) is 5.82 Å². The van der Waals surface area contributed by atoms with Crippen molar-refractivity contribution in [1.29, 1.82) is 0 Å². The molecule has 5 nitrogen and oxygen atoms in total. The highest BCUT2D eigenvalue weighted by atomic mass is 16.1. The van der Waals surface area contributed by atoms with Crippen LogP contribution in [0, 0.1) is 0 Å². The van der Waals surface area contributed by atoms with Crippen LogP contribution in [0.1, 0.15) is 5.56 Å². The zero-order valence-corrected chi connectivity index (χ0v) is 11.3. The Kier molecular flexibility index (Phi) is 3.73. The van der Waals surface area contributed by atoms with Crippen molar-refractivity contribution in [1.82, 2.24) is 15.2 Å². The fourth-order valence-electron chi connectivity index (χ4n) is 2.02. The topological polar surface area (TPSA) is 70.7 Å². The summed E-state index contributed by atoms with van der Waals surface area (Å²) in [6.07, 6.45) is 5.57. The molecule has 0 fully saturated rings. The van der Waals surface area contributed by atoms with Crippen LogP contribution >= 0.6 is 0 Å². The van der Waals surface area contributed by atoms with Gasteiger partial charge in [-0.2, -0.15) is 5.10 Å². The maximum absolute atomic E-state index is 11.9. The lowest BCUT2D eigenvalue weighted by Crippen LogP contribution is -2.15. The Hall–Kier alpha value is -2.95. The third-order valence-electron chi connectivity index (χ3n) is 3.07. The molecule has 0 saturated carbocycles. The second-order valence-corrected chi connectivity index (χ2v) is 4.63. The summed E-state index contributed by atoms with van der Waals surface area (Å²) >= 11 is 0. The number of H-pyrrole nitrogens is 1. The lowest BCUT2D eigenvalue weighted by Gasteiger charge is -2.05. The maximum Gasteiger partial charge on any atom is 0.229 e. The monoisotopic (exact) mass is 278 g/mol. The second kappa shape index (κ2) is 6.00. The van der Waals surface area contributed by atoms with E-state index in [2.05, 4.69) is 20.5 Å². The summed E-state index contributed by atoms with van der Waals surface area (Å²) < 4.78 is 0. The van der Waals surface area contributed by atoms with Crippen molar-refractivity contribution in [2.75, 3.05) is 5.32 Å². The zero-order chi connectivity index (χ0) is 14.5. The van der Waals surface area contributed by atoms with Gasteiger partial charge in [-0.05, 0) is 17.7 Å². The van der Waals surface area contributed by atoms with Crippen LogP contribution in [0.3, 0.4) is 0 Å². The zero-order valence-electron chi connectivity index (χ0n) is 11.3. The van der Waals surface area contributed by atoms with Crippen molar-refractivity contribution >= 4 is 11.7 Å². The summed E-state index contributed by atoms with van der Waals surface area (Å²) in [5.74, 6) is 0.466. The van der Waals surface area contributed by atoms with E-state index in [9.17, 15) is 4.79 Å². The summed E-state index contributed by atoms with van der Waals surface area (Å²) in [6.45, 7) is 0. The van der Waals surface area contributed by atoms with Crippen LogP contribution in [0.2, 0.25) is 0 Å². The number of amides is 1. The number of anilines is 1. The average Bonchev–Trinajstić information content (AvgIpc) is 3.03. The summed E-state index contributed by atoms with van der Waals surface area (Å²) in [5, 5.41) is 9.44. The standard InChI is InChI=1S/C16H14N4O/c21-16(8-12-4-2-1-3-5-12)20-15-7-6-13(9-17-15)14-10-18-19-11-14/h1-7,9-11H,8H2,(H,18,19)(H,17,20,21). The molecule has 21 heavy (non-hydrogen) atoms. The molecular formula is C16H14N4O. The number of hydrogen-bond acceptors (Lipinski definition) is 3. The number of nitrogens with one attached hydrogen (secondary N) is 2. The van der Waals surface area contributed by atoms with Crippen LogP contribution < -0.4 is 5.32 Å². The van der Waals surface area contributed by atoms with Gasteiger partial charge >= 0.3 is 0 Å². The molecule has 0 saturated heterocycles. The smallest absolute Gasteiger partial charge is 0.229 e. The van der Waals surface area contributed by atoms with E-state index in [0.717, 1.165) is 16.7 Å². The molecular weight excluding hydrogens is 264 g/mol. The highest BCUT2D eigenvalue weighted by molar-refractivity contribution is 5.91. The number of carbonyl (C=O) groups is 1. The van der Waals surface area contributed by atoms with Gasteiger partial charge in [0.25, 0.3) is 0 Å². The lowest BCUT2D eigenvalue weighted by molar-refractivity contribution is -0.115. The van der Waals surface area contributed by atoms with E-state index in [1.54, 1.807) is 24.7 Å². The predicted octanol–water partition coefficient (Wildman–Crippen LogP) is 2.65. The van der Waals surface area contributed by atoms with Crippen molar-refractivity contribution in [3.8, 4) is 11.1 Å². The fourth-order valence-corrected chi connectivity index (χ4v) is 2.02. The molecule has 2 N–H and O–H groups in total. The Balaban J connectivity index is 1.64. The lowest BCUT2D eigenvalue weighted by atomic mass is 10.1. The van der Waals surface area contributed by atoms with E-state index >= 15 is 0 Å². The van der Waals surface area contributed by atoms with E-state index < -0.39 is 0 Å². The molecule has 1 aromatic carbocycles. The van der Waals surface area contributed by atoms with E-state index in [1.165, 1.54) is 0 Å². The molecule has 3 rings (SSSR count). The maximum atomic E-state index is 11.9. The van der Waals surface area contributed by atoms with Gasteiger partial charge in [-0.15, -0.1) is 0 Å². The first-order chi connectivity index (χ1) is 10.3. The van der Waals surface area contributed by atoms with Crippen molar-refractivity contribution in [2.45, 2.75) is 6.42 Å². The Labute approximate surface area is 122 Å². The van der Waals surface area contributed by atoms with Gasteiger partial charge in [0.2, 0.25) is 5.91 Å². The number of aromatic amines is 1. The molecule has 0 atom stereocenters. The third-order valence-corrected chi connectivity index (χ3v) is 3.07. The molecule has 0 aliphatic rings. The minimum Gasteiger partial charge on any atom is -0.310 e. The van der Waals surface area contributed by atoms with Crippen LogP contribution in [0.25, 0.3) is 11.1 Å². The van der Waals surface area contributed by atoms with Crippen LogP contribution in [0.15, 0.2) is 61.1 Å². The number of hydrogen-bond donors (Lipinski definition) is 2. The highest BCUT2D eigenvalue weighted by Gasteiger charge is 2.05. The van der Waals surface area contributed by atoms with Gasteiger partial charge in [-0.25, -0.2) is 4.98 Å². The summed E-state index contributed by atoms with van der Waals surface area (Å²) in [4.78, 5) is 16.2. The van der Waals surface area contributed by atoms with E-state index in [-0.39, 0.29) is 5.91 Å². The van der Waals surface area contributed by atoms with E-state index in [1.807, 2.05) is 36.4 Å². The van der Waals surface area contributed by atoms with Gasteiger partial charge in [-0.3, -0.25) is 9.89 Å². The first-order valence-corrected chi connectivity index (χ1v) is 6.60. The van der Waals surface area contributed by atoms with Gasteiger partial charge in [0.15, 0.2) is 0 Å². The van der Waals surface area contributed by atoms with Gasteiger partial charge in [0, 0.05) is 23.5 Å². The molecule has 1 amide bonds. The molecule has 0 radical (unpaired) electrons. The normalized spacial score (nSPS) is 10.3. The van der Waals surface area contributed by atoms with Gasteiger partial charge in [-0.1, -0.05) is 30.3 Å². The first kappa shape index (κ1) is 13.1. The van der Waals surface area contributed by atoms with Gasteiger partial charge in [0.05, 0.1) is 12.6 Å². The fraction of sp³-hybridized carbons (Fsp3) is 0.0625. The number of pyridine rings is 1. The number of benzene rings is 1. The van der Waals surface area contributed by atoms with E-state index in [0.29, 0.717) is 12.2 Å². The number of aromatic nitrogens is 3. The molecule has 5 heteroatoms. The van der Waals surface area contributed by atoms with Crippen LogP contribution in [-0.2, 0) is 11.2 Å². The Bertz CT molecular complexity index is 706. The van der Waals surface area contributed by atoms with Gasteiger partial charge < -0.3 is 5.32 Å². The summed E-state index contributed by atoms with van der Waals surface area (Å²) in [7, 11) is 0. The highest BCUT2D eigenvalue weighted by Crippen LogP contribution is 2.17. The third kappa shape index (κ3) is 3.33. The number of carbonyl (C=O) groups excluding carboxylic acids is 1. The molecule has 0 aliphatic carbocycles. The summed E-state index contributed by atoms with van der Waals surface area (Å²) in [6, 6.07) is 13.3. The van der Waals surface area contributed by atoms with E-state index in [4.69, 9.17) is 0 Å². The van der Waals surface area contributed by atoms with Crippen molar-refractivity contribution < 1.29 is 4.79 Å². The number of rotatable bonds is 4. The second-order valence-electron chi connectivity index (χ2n) is 4.63. The Morgan fingerprint density at radius 2 is 1.90 bits per heavy atom. The predicted molar refractivity (Wildman–Crippen MR) is 80.6 cm³/mol. The molecule has 3 aromatic rings. The van der Waals surface area contributed by atoms with Crippen LogP contribution in [0.5, 0.6) is 0 Å². The number of nitrogens with zero attached hydrogens (tertiary/aromatic N) is 2. The molecule has 0 spiro atoms. The average molecular weight is 278 g/mol. The largest absolute Gasteiger partial charge is 0.310 e. The molecule has 104 valence electrons. The van der Waals surface area contributed by atoms with Crippen molar-refractivity contribution in [2.24, 2.45) is 0 Å². The molecule has 0 bridgehead atoms. The first-order valence-electron chi connectivity index (χ1n) is 6.60. The van der Waals surface area contributed by atoms with Crippen molar-refractivity contribution in [3.05, 3.63) is 66.6 Å². The van der Waals surface area contributed by atoms with Crippen LogP contribution in [0.4, 0.5) is 5.82 Å². The minimum atomic E-state index is -0.0789. The Morgan fingerprint density at radius 1 is 1.05 bits per heavy atom. The molecule has 2 heterocycles. The minimum absolute atomic E-state index is 0.0789. The molecule has 0 unspecified atom stereocenters. The quantitative estimate of drug-likeness (QED) is 0.770. The Morgan fingerprint density at radius 3 is 2.57 bits per heavy atom. The molecule has 0 aliphatic heterocycles. The molecule has 2 aromatic heterocycles. The SMILES string of the molecule is O=C(Cc1ccccc1)Nc1ccc(-c2cn[nH]c2)cn1.